The van der Waals surface area contributed by atoms with Gasteiger partial charge in [0.05, 0.1) is 14.2 Å². The number of aromatic nitrogens is 2. The van der Waals surface area contributed by atoms with Crippen LogP contribution in [0.5, 0.6) is 11.5 Å². The lowest BCUT2D eigenvalue weighted by atomic mass is 10.1. The van der Waals surface area contributed by atoms with Crippen LogP contribution in [0.4, 0.5) is 15.6 Å². The molecule has 9 heteroatoms. The van der Waals surface area contributed by atoms with E-state index in [0.29, 0.717) is 30.3 Å². The molecule has 162 valence electrons. The van der Waals surface area contributed by atoms with Gasteiger partial charge in [-0.15, -0.1) is 0 Å². The summed E-state index contributed by atoms with van der Waals surface area (Å²) in [5.74, 6) is 2.09. The predicted molar refractivity (Wildman–Crippen MR) is 122 cm³/mol. The molecule has 4 rings (SSSR count). The smallest absolute Gasteiger partial charge is 0.321 e. The maximum absolute atomic E-state index is 12.7. The summed E-state index contributed by atoms with van der Waals surface area (Å²) in [6, 6.07) is 15.4. The molecule has 0 atom stereocenters. The van der Waals surface area contributed by atoms with Gasteiger partial charge in [-0.1, -0.05) is 30.3 Å². The molecule has 0 spiro atoms. The SMILES string of the molecule is COc1cc(NC(=O)N2CCN(c3nc(Cc4ccccc4)ns3)CC2)cc(OC)c1. The van der Waals surface area contributed by atoms with Crippen molar-refractivity contribution in [2.75, 3.05) is 50.6 Å². The van der Waals surface area contributed by atoms with E-state index in [-0.39, 0.29) is 6.03 Å². The Balaban J connectivity index is 1.32. The van der Waals surface area contributed by atoms with Crippen molar-refractivity contribution in [1.82, 2.24) is 14.3 Å². The van der Waals surface area contributed by atoms with E-state index < -0.39 is 0 Å². The van der Waals surface area contributed by atoms with Crippen LogP contribution in [0.1, 0.15) is 11.4 Å². The van der Waals surface area contributed by atoms with Crippen LogP contribution in [0.2, 0.25) is 0 Å². The molecule has 1 aliphatic heterocycles. The second-order valence-corrected chi connectivity index (χ2v) is 7.89. The maximum atomic E-state index is 12.7. The first kappa shape index (κ1) is 20.9. The van der Waals surface area contributed by atoms with Gasteiger partial charge in [-0.25, -0.2) is 9.78 Å². The molecule has 2 amide bonds. The summed E-state index contributed by atoms with van der Waals surface area (Å²) in [5.41, 5.74) is 1.83. The molecule has 0 saturated carbocycles. The minimum atomic E-state index is -0.142. The highest BCUT2D eigenvalue weighted by Crippen LogP contribution is 2.26. The second kappa shape index (κ2) is 9.65. The van der Waals surface area contributed by atoms with Crippen LogP contribution < -0.4 is 19.7 Å². The number of amides is 2. The number of urea groups is 1. The Bertz CT molecular complexity index is 997. The van der Waals surface area contributed by atoms with Gasteiger partial charge in [-0.3, -0.25) is 0 Å². The summed E-state index contributed by atoms with van der Waals surface area (Å²) in [4.78, 5) is 21.4. The van der Waals surface area contributed by atoms with Crippen molar-refractivity contribution in [2.45, 2.75) is 6.42 Å². The lowest BCUT2D eigenvalue weighted by Crippen LogP contribution is -2.50. The third-order valence-corrected chi connectivity index (χ3v) is 5.92. The molecule has 1 N–H and O–H groups in total. The van der Waals surface area contributed by atoms with E-state index in [2.05, 4.69) is 26.7 Å². The molecule has 8 nitrogen and oxygen atoms in total. The van der Waals surface area contributed by atoms with Crippen molar-refractivity contribution >= 4 is 28.4 Å². The first-order chi connectivity index (χ1) is 15.1. The molecule has 1 aliphatic rings. The van der Waals surface area contributed by atoms with Crippen molar-refractivity contribution < 1.29 is 14.3 Å². The highest BCUT2D eigenvalue weighted by Gasteiger charge is 2.23. The fourth-order valence-corrected chi connectivity index (χ4v) is 4.14. The van der Waals surface area contributed by atoms with Gasteiger partial charge < -0.3 is 24.6 Å². The number of ether oxygens (including phenoxy) is 2. The quantitative estimate of drug-likeness (QED) is 0.633. The van der Waals surface area contributed by atoms with E-state index in [0.717, 1.165) is 30.5 Å². The molecule has 0 aliphatic carbocycles. The average Bonchev–Trinajstić information content (AvgIpc) is 3.28. The molecule has 2 heterocycles. The predicted octanol–water partition coefficient (Wildman–Crippen LogP) is 3.50. The Morgan fingerprint density at radius 2 is 1.71 bits per heavy atom. The van der Waals surface area contributed by atoms with Crippen LogP contribution >= 0.6 is 11.5 Å². The van der Waals surface area contributed by atoms with E-state index in [1.54, 1.807) is 37.3 Å². The summed E-state index contributed by atoms with van der Waals surface area (Å²) >= 11 is 1.41. The Morgan fingerprint density at radius 1 is 1.03 bits per heavy atom. The molecule has 1 fully saturated rings. The molecular weight excluding hydrogens is 414 g/mol. The van der Waals surface area contributed by atoms with Crippen LogP contribution in [0.25, 0.3) is 0 Å². The third kappa shape index (κ3) is 5.24. The largest absolute Gasteiger partial charge is 0.497 e. The van der Waals surface area contributed by atoms with Crippen molar-refractivity contribution in [1.29, 1.82) is 0 Å². The number of nitrogens with zero attached hydrogens (tertiary/aromatic N) is 4. The van der Waals surface area contributed by atoms with E-state index in [1.807, 2.05) is 18.2 Å². The minimum absolute atomic E-state index is 0.142. The molecule has 1 saturated heterocycles. The zero-order valence-corrected chi connectivity index (χ0v) is 18.4. The summed E-state index contributed by atoms with van der Waals surface area (Å²) < 4.78 is 15.0. The first-order valence-electron chi connectivity index (χ1n) is 10.0. The third-order valence-electron chi connectivity index (χ3n) is 5.10. The number of piperazine rings is 1. The Hall–Kier alpha value is -3.33. The van der Waals surface area contributed by atoms with Crippen molar-refractivity contribution in [3.63, 3.8) is 0 Å². The number of anilines is 2. The average molecular weight is 440 g/mol. The van der Waals surface area contributed by atoms with Gasteiger partial charge in [-0.2, -0.15) is 4.37 Å². The molecule has 2 aromatic carbocycles. The number of carbonyl (C=O) groups is 1. The lowest BCUT2D eigenvalue weighted by Gasteiger charge is -2.34. The molecule has 3 aromatic rings. The van der Waals surface area contributed by atoms with Gasteiger partial charge in [0.25, 0.3) is 0 Å². The van der Waals surface area contributed by atoms with Gasteiger partial charge in [0.2, 0.25) is 5.13 Å². The Kier molecular flexibility index (Phi) is 6.51. The van der Waals surface area contributed by atoms with Crippen LogP contribution in [-0.2, 0) is 6.42 Å². The minimum Gasteiger partial charge on any atom is -0.497 e. The van der Waals surface area contributed by atoms with Crippen molar-refractivity contribution in [3.8, 4) is 11.5 Å². The molecule has 1 aromatic heterocycles. The van der Waals surface area contributed by atoms with Gasteiger partial charge in [-0.05, 0) is 5.56 Å². The summed E-state index contributed by atoms with van der Waals surface area (Å²) in [6.07, 6.45) is 0.726. The first-order valence-corrected chi connectivity index (χ1v) is 10.8. The second-order valence-electron chi connectivity index (χ2n) is 7.16. The summed E-state index contributed by atoms with van der Waals surface area (Å²) in [5, 5.41) is 3.84. The fraction of sp³-hybridized carbons (Fsp3) is 0.318. The van der Waals surface area contributed by atoms with E-state index >= 15 is 0 Å². The van der Waals surface area contributed by atoms with Crippen molar-refractivity contribution in [2.24, 2.45) is 0 Å². The van der Waals surface area contributed by atoms with Gasteiger partial charge in [0, 0.05) is 68.0 Å². The zero-order valence-electron chi connectivity index (χ0n) is 17.6. The fourth-order valence-electron chi connectivity index (χ4n) is 3.41. The summed E-state index contributed by atoms with van der Waals surface area (Å²) in [7, 11) is 3.16. The van der Waals surface area contributed by atoms with Crippen LogP contribution in [0.3, 0.4) is 0 Å². The van der Waals surface area contributed by atoms with Crippen LogP contribution in [0, 0.1) is 0 Å². The molecule has 0 bridgehead atoms. The number of rotatable bonds is 6. The number of methoxy groups -OCH3 is 2. The lowest BCUT2D eigenvalue weighted by molar-refractivity contribution is 0.208. The molecular formula is C22H25N5O3S. The van der Waals surface area contributed by atoms with Gasteiger partial charge >= 0.3 is 6.03 Å². The molecule has 31 heavy (non-hydrogen) atoms. The van der Waals surface area contributed by atoms with Gasteiger partial charge in [0.15, 0.2) is 0 Å². The monoisotopic (exact) mass is 439 g/mol. The zero-order chi connectivity index (χ0) is 21.6. The normalized spacial score (nSPS) is 13.7. The van der Waals surface area contributed by atoms with Gasteiger partial charge in [0.1, 0.15) is 17.3 Å². The number of nitrogens with one attached hydrogen (secondary N) is 1. The number of hydrogen-bond donors (Lipinski definition) is 1. The number of hydrogen-bond acceptors (Lipinski definition) is 7. The highest BCUT2D eigenvalue weighted by atomic mass is 32.1. The van der Waals surface area contributed by atoms with E-state index in [9.17, 15) is 4.79 Å². The number of benzene rings is 2. The number of carbonyl (C=O) groups excluding carboxylic acids is 1. The van der Waals surface area contributed by atoms with Crippen LogP contribution in [0.15, 0.2) is 48.5 Å². The highest BCUT2D eigenvalue weighted by molar-refractivity contribution is 7.09. The Morgan fingerprint density at radius 3 is 2.35 bits per heavy atom. The topological polar surface area (TPSA) is 79.8 Å². The maximum Gasteiger partial charge on any atom is 0.321 e. The molecule has 0 radical (unpaired) electrons. The summed E-state index contributed by atoms with van der Waals surface area (Å²) in [6.45, 7) is 2.66. The van der Waals surface area contributed by atoms with E-state index in [1.165, 1.54) is 17.1 Å². The van der Waals surface area contributed by atoms with Crippen LogP contribution in [-0.4, -0.2) is 60.7 Å². The van der Waals surface area contributed by atoms with E-state index in [4.69, 9.17) is 14.5 Å². The standard InChI is InChI=1S/C22H25N5O3S/c1-29-18-13-17(14-19(15-18)30-2)23-21(28)26-8-10-27(11-9-26)22-24-20(25-31-22)12-16-6-4-3-5-7-16/h3-7,13-15H,8-12H2,1-2H3,(H,23,28). The van der Waals surface area contributed by atoms with Crippen molar-refractivity contribution in [3.05, 3.63) is 59.9 Å². The molecule has 0 unspecified atom stereocenters. The Labute approximate surface area is 185 Å².